The second kappa shape index (κ2) is 13.0. The molecule has 0 unspecified atom stereocenters. The predicted octanol–water partition coefficient (Wildman–Crippen LogP) is 6.01. The van der Waals surface area contributed by atoms with E-state index in [1.807, 2.05) is 36.4 Å². The molecule has 0 bridgehead atoms. The lowest BCUT2D eigenvalue weighted by Crippen LogP contribution is -2.23. The van der Waals surface area contributed by atoms with E-state index in [2.05, 4.69) is 26.6 Å². The number of methoxy groups -OCH3 is 1. The first kappa shape index (κ1) is 27.1. The second-order valence-electron chi connectivity index (χ2n) is 7.34. The number of halogens is 3. The van der Waals surface area contributed by atoms with Gasteiger partial charge in [0.05, 0.1) is 21.6 Å². The minimum Gasteiger partial charge on any atom is -0.493 e. The maximum Gasteiger partial charge on any atom is 0.262 e. The zero-order valence-electron chi connectivity index (χ0n) is 19.0. The molecule has 0 fully saturated rings. The minimum atomic E-state index is -0.504. The molecule has 36 heavy (non-hydrogen) atoms. The van der Waals surface area contributed by atoms with Gasteiger partial charge in [0.2, 0.25) is 0 Å². The van der Waals surface area contributed by atoms with Crippen molar-refractivity contribution < 1.29 is 19.1 Å². The Morgan fingerprint density at radius 2 is 1.83 bits per heavy atom. The highest BCUT2D eigenvalue weighted by atomic mass is 79.9. The molecule has 0 aliphatic carbocycles. The van der Waals surface area contributed by atoms with Crippen molar-refractivity contribution in [1.82, 2.24) is 5.32 Å². The number of carbonyl (C=O) groups is 2. The molecule has 2 N–H and O–H groups in total. The highest BCUT2D eigenvalue weighted by molar-refractivity contribution is 9.10. The van der Waals surface area contributed by atoms with Crippen molar-refractivity contribution in [2.24, 2.45) is 0 Å². The highest BCUT2D eigenvalue weighted by Crippen LogP contribution is 2.37. The van der Waals surface area contributed by atoms with E-state index >= 15 is 0 Å². The van der Waals surface area contributed by atoms with E-state index in [0.29, 0.717) is 38.1 Å². The zero-order valence-corrected chi connectivity index (χ0v) is 22.1. The molecule has 0 aromatic heterocycles. The molecule has 0 aliphatic rings. The minimum absolute atomic E-state index is 0.0745. The van der Waals surface area contributed by atoms with Crippen molar-refractivity contribution in [3.05, 3.63) is 91.9 Å². The molecule has 3 aromatic rings. The highest BCUT2D eigenvalue weighted by Gasteiger charge is 2.15. The normalized spacial score (nSPS) is 10.8. The Bertz CT molecular complexity index is 1340. The smallest absolute Gasteiger partial charge is 0.262 e. The molecule has 7 nitrogen and oxygen atoms in total. The van der Waals surface area contributed by atoms with Gasteiger partial charge < -0.3 is 20.1 Å². The number of nitrogens with zero attached hydrogens (tertiary/aromatic N) is 1. The molecule has 10 heteroatoms. The van der Waals surface area contributed by atoms with E-state index in [1.165, 1.54) is 19.3 Å². The number of benzene rings is 3. The number of hydrogen-bond donors (Lipinski definition) is 2. The Kier molecular flexibility index (Phi) is 9.77. The van der Waals surface area contributed by atoms with E-state index in [4.69, 9.17) is 32.7 Å². The topological polar surface area (TPSA) is 100 Å². The maximum atomic E-state index is 12.5. The lowest BCUT2D eigenvalue weighted by atomic mass is 10.1. The van der Waals surface area contributed by atoms with E-state index < -0.39 is 11.8 Å². The summed E-state index contributed by atoms with van der Waals surface area (Å²) in [7, 11) is 1.44. The number of rotatable bonds is 9. The summed E-state index contributed by atoms with van der Waals surface area (Å²) in [5.41, 5.74) is 1.84. The van der Waals surface area contributed by atoms with Crippen molar-refractivity contribution >= 4 is 62.7 Å². The quantitative estimate of drug-likeness (QED) is 0.236. The molecule has 0 saturated carbocycles. The van der Waals surface area contributed by atoms with Crippen LogP contribution in [-0.4, -0.2) is 25.5 Å². The van der Waals surface area contributed by atoms with Crippen LogP contribution in [0, 0.1) is 11.3 Å². The molecule has 0 atom stereocenters. The third-order valence-electron chi connectivity index (χ3n) is 4.77. The van der Waals surface area contributed by atoms with E-state index in [0.717, 1.165) is 5.56 Å². The lowest BCUT2D eigenvalue weighted by Gasteiger charge is -2.14. The van der Waals surface area contributed by atoms with Gasteiger partial charge in [0.25, 0.3) is 11.8 Å². The van der Waals surface area contributed by atoms with Crippen LogP contribution >= 0.6 is 39.1 Å². The van der Waals surface area contributed by atoms with E-state index in [-0.39, 0.29) is 17.9 Å². The van der Waals surface area contributed by atoms with Gasteiger partial charge in [0.1, 0.15) is 11.6 Å². The Balaban J connectivity index is 1.69. The molecule has 3 rings (SSSR count). The summed E-state index contributed by atoms with van der Waals surface area (Å²) in [5.74, 6) is -0.338. The van der Waals surface area contributed by atoms with Gasteiger partial charge in [-0.2, -0.15) is 5.26 Å². The number of nitriles is 1. The Morgan fingerprint density at radius 3 is 2.50 bits per heavy atom. The van der Waals surface area contributed by atoms with Gasteiger partial charge in [-0.25, -0.2) is 0 Å². The number of ether oxygens (including phenoxy) is 2. The SMILES string of the molecule is COc1cc(/C=C(\C#N)C(=O)NCc2ccccc2)cc(Br)c1OCC(=O)Nc1ccc(Cl)c(Cl)c1. The van der Waals surface area contributed by atoms with Crippen molar-refractivity contribution in [1.29, 1.82) is 5.26 Å². The fraction of sp³-hybridized carbons (Fsp3) is 0.115. The van der Waals surface area contributed by atoms with Crippen molar-refractivity contribution in [3.8, 4) is 17.6 Å². The molecule has 0 aliphatic heterocycles. The number of hydrogen-bond acceptors (Lipinski definition) is 5. The van der Waals surface area contributed by atoms with Gasteiger partial charge in [-0.05, 0) is 63.5 Å². The van der Waals surface area contributed by atoms with Crippen LogP contribution in [0.1, 0.15) is 11.1 Å². The first-order valence-electron chi connectivity index (χ1n) is 10.5. The van der Waals surface area contributed by atoms with Crippen LogP contribution in [0.2, 0.25) is 10.0 Å². The van der Waals surface area contributed by atoms with E-state index in [1.54, 1.807) is 24.3 Å². The molecule has 0 spiro atoms. The summed E-state index contributed by atoms with van der Waals surface area (Å²) in [4.78, 5) is 24.8. The number of carbonyl (C=O) groups excluding carboxylic acids is 2. The van der Waals surface area contributed by atoms with E-state index in [9.17, 15) is 14.9 Å². The molecule has 0 saturated heterocycles. The second-order valence-corrected chi connectivity index (χ2v) is 9.01. The number of nitrogens with one attached hydrogen (secondary N) is 2. The molecular formula is C26H20BrCl2N3O4. The fourth-order valence-corrected chi connectivity index (χ4v) is 3.93. The Morgan fingerprint density at radius 1 is 1.08 bits per heavy atom. The molecule has 3 aromatic carbocycles. The zero-order chi connectivity index (χ0) is 26.1. The van der Waals surface area contributed by atoms with Crippen LogP contribution in [0.5, 0.6) is 11.5 Å². The monoisotopic (exact) mass is 587 g/mol. The van der Waals surface area contributed by atoms with Crippen molar-refractivity contribution in [2.75, 3.05) is 19.0 Å². The molecule has 0 radical (unpaired) electrons. The lowest BCUT2D eigenvalue weighted by molar-refractivity contribution is -0.118. The number of anilines is 1. The summed E-state index contributed by atoms with van der Waals surface area (Å²) in [6.07, 6.45) is 1.44. The molecular weight excluding hydrogens is 569 g/mol. The first-order chi connectivity index (χ1) is 17.3. The third-order valence-corrected chi connectivity index (χ3v) is 6.10. The largest absolute Gasteiger partial charge is 0.493 e. The van der Waals surface area contributed by atoms with Crippen LogP contribution in [-0.2, 0) is 16.1 Å². The summed E-state index contributed by atoms with van der Waals surface area (Å²) >= 11 is 15.3. The predicted molar refractivity (Wildman–Crippen MR) is 143 cm³/mol. The standard InChI is InChI=1S/C26H20BrCl2N3O4/c1-35-23-11-17(9-18(13-30)26(34)31-14-16-5-3-2-4-6-16)10-20(27)25(23)36-15-24(33)32-19-7-8-21(28)22(29)12-19/h2-12H,14-15H2,1H3,(H,31,34)(H,32,33)/b18-9+. The molecule has 2 amide bonds. The maximum absolute atomic E-state index is 12.5. The fourth-order valence-electron chi connectivity index (χ4n) is 3.06. The van der Waals surface area contributed by atoms with Crippen LogP contribution < -0.4 is 20.1 Å². The Hall–Kier alpha value is -3.51. The van der Waals surface area contributed by atoms with Gasteiger partial charge in [-0.15, -0.1) is 0 Å². The molecule has 0 heterocycles. The van der Waals surface area contributed by atoms with Gasteiger partial charge in [-0.3, -0.25) is 9.59 Å². The summed E-state index contributed by atoms with van der Waals surface area (Å²) in [6, 6.07) is 19.3. The van der Waals surface area contributed by atoms with Gasteiger partial charge in [0.15, 0.2) is 18.1 Å². The summed E-state index contributed by atoms with van der Waals surface area (Å²) in [5, 5.41) is 15.6. The van der Waals surface area contributed by atoms with Crippen molar-refractivity contribution in [3.63, 3.8) is 0 Å². The van der Waals surface area contributed by atoms with Gasteiger partial charge in [-0.1, -0.05) is 53.5 Å². The van der Waals surface area contributed by atoms with Gasteiger partial charge >= 0.3 is 0 Å². The van der Waals surface area contributed by atoms with Crippen molar-refractivity contribution in [2.45, 2.75) is 6.54 Å². The van der Waals surface area contributed by atoms with Crippen LogP contribution in [0.25, 0.3) is 6.08 Å². The first-order valence-corrected chi connectivity index (χ1v) is 12.0. The molecule has 184 valence electrons. The van der Waals surface area contributed by atoms with Crippen LogP contribution in [0.4, 0.5) is 5.69 Å². The Labute approximate surface area is 226 Å². The van der Waals surface area contributed by atoms with Crippen LogP contribution in [0.3, 0.4) is 0 Å². The average Bonchev–Trinajstić information content (AvgIpc) is 2.87. The average molecular weight is 589 g/mol. The number of amides is 2. The third kappa shape index (κ3) is 7.49. The summed E-state index contributed by atoms with van der Waals surface area (Å²) < 4.78 is 11.5. The van der Waals surface area contributed by atoms with Gasteiger partial charge in [0, 0.05) is 12.2 Å². The summed E-state index contributed by atoms with van der Waals surface area (Å²) in [6.45, 7) is -0.0154. The van der Waals surface area contributed by atoms with Crippen LogP contribution in [0.15, 0.2) is 70.7 Å².